The van der Waals surface area contributed by atoms with E-state index in [0.717, 1.165) is 0 Å². The molecule has 0 bridgehead atoms. The third kappa shape index (κ3) is 4.06. The van der Waals surface area contributed by atoms with Gasteiger partial charge in [0.2, 0.25) is 0 Å². The fourth-order valence-electron chi connectivity index (χ4n) is 1.47. The number of hydrogen-bond donors (Lipinski definition) is 0. The summed E-state index contributed by atoms with van der Waals surface area (Å²) in [5.41, 5.74) is 0. The molecule has 0 N–H and O–H groups in total. The van der Waals surface area contributed by atoms with Gasteiger partial charge >= 0.3 is 35.7 Å². The van der Waals surface area contributed by atoms with Gasteiger partial charge in [-0.05, 0) is 39.3 Å². The van der Waals surface area contributed by atoms with E-state index in [-0.39, 0.29) is 0 Å². The van der Waals surface area contributed by atoms with Crippen molar-refractivity contribution in [3.8, 4) is 0 Å². The highest BCUT2D eigenvalue weighted by atomic mass is 28.5. The number of hydrogen-bond acceptors (Lipinski definition) is 4. The van der Waals surface area contributed by atoms with Crippen LogP contribution >= 0.6 is 0 Å². The Morgan fingerprint density at radius 3 is 1.07 bits per heavy atom. The summed E-state index contributed by atoms with van der Waals surface area (Å²) in [5.74, 6) is 0. The molecule has 1 rings (SSSR count). The Bertz CT molecular complexity index is 172. The van der Waals surface area contributed by atoms with Gasteiger partial charge in [-0.3, -0.25) is 0 Å². The zero-order valence-electron chi connectivity index (χ0n) is 9.63. The summed E-state index contributed by atoms with van der Waals surface area (Å²) in [5, 5.41) is 0. The van der Waals surface area contributed by atoms with Crippen molar-refractivity contribution in [2.45, 2.75) is 39.3 Å². The monoisotopic (exact) mass is 266 g/mol. The van der Waals surface area contributed by atoms with E-state index < -0.39 is 35.7 Å². The molecule has 1 aliphatic heterocycles. The normalized spacial score (nSPS) is 29.6. The van der Waals surface area contributed by atoms with E-state index in [4.69, 9.17) is 16.5 Å². The van der Waals surface area contributed by atoms with Gasteiger partial charge in [-0.1, -0.05) is 0 Å². The quantitative estimate of drug-likeness (QED) is 0.626. The van der Waals surface area contributed by atoms with Crippen LogP contribution in [0.25, 0.3) is 0 Å². The Morgan fingerprint density at radius 1 is 0.643 bits per heavy atom. The van der Waals surface area contributed by atoms with Crippen molar-refractivity contribution in [2.75, 3.05) is 0 Å². The van der Waals surface area contributed by atoms with Crippen molar-refractivity contribution in [1.29, 1.82) is 0 Å². The van der Waals surface area contributed by atoms with Gasteiger partial charge in [0.1, 0.15) is 0 Å². The summed E-state index contributed by atoms with van der Waals surface area (Å²) in [6, 6.07) is 0. The molecule has 0 spiro atoms. The lowest BCUT2D eigenvalue weighted by Crippen LogP contribution is -2.55. The Labute approximate surface area is 91.7 Å². The highest BCUT2D eigenvalue weighted by Crippen LogP contribution is 2.20. The van der Waals surface area contributed by atoms with Crippen LogP contribution in [0.1, 0.15) is 0 Å². The molecule has 0 aliphatic carbocycles. The summed E-state index contributed by atoms with van der Waals surface area (Å²) >= 11 is 0. The van der Waals surface area contributed by atoms with Crippen molar-refractivity contribution >= 4 is 35.7 Å². The van der Waals surface area contributed by atoms with E-state index in [1.807, 2.05) is 39.3 Å². The third-order valence-corrected chi connectivity index (χ3v) is 14.0. The molecular weight excluding hydrogens is 248 g/mol. The molecule has 1 heterocycles. The molecule has 0 unspecified atom stereocenters. The van der Waals surface area contributed by atoms with Gasteiger partial charge in [-0.15, -0.1) is 0 Å². The van der Waals surface area contributed by atoms with Crippen molar-refractivity contribution in [1.82, 2.24) is 0 Å². The molecule has 0 aromatic carbocycles. The van der Waals surface area contributed by atoms with Crippen LogP contribution in [0.3, 0.4) is 0 Å². The summed E-state index contributed by atoms with van der Waals surface area (Å²) in [6.45, 7) is 12.2. The maximum atomic E-state index is 5.86. The molecule has 4 nitrogen and oxygen atoms in total. The molecule has 1 fully saturated rings. The van der Waals surface area contributed by atoms with Crippen LogP contribution in [-0.4, -0.2) is 35.7 Å². The summed E-state index contributed by atoms with van der Waals surface area (Å²) < 4.78 is 23.4. The van der Waals surface area contributed by atoms with Crippen LogP contribution in [0.2, 0.25) is 39.3 Å². The average molecular weight is 267 g/mol. The Morgan fingerprint density at radius 2 is 0.857 bits per heavy atom. The van der Waals surface area contributed by atoms with Crippen LogP contribution in [0, 0.1) is 0 Å². The molecule has 82 valence electrons. The Kier molecular flexibility index (Phi) is 3.92. The molecule has 14 heavy (non-hydrogen) atoms. The van der Waals surface area contributed by atoms with E-state index in [1.54, 1.807) is 0 Å². The summed E-state index contributed by atoms with van der Waals surface area (Å²) in [4.78, 5) is 0. The highest BCUT2D eigenvalue weighted by Gasteiger charge is 2.41. The van der Waals surface area contributed by atoms with E-state index in [1.165, 1.54) is 0 Å². The lowest BCUT2D eigenvalue weighted by molar-refractivity contribution is 0.266. The van der Waals surface area contributed by atoms with Gasteiger partial charge in [-0.2, -0.15) is 0 Å². The smallest absolute Gasteiger partial charge is 0.362 e. The van der Waals surface area contributed by atoms with E-state index in [9.17, 15) is 0 Å². The van der Waals surface area contributed by atoms with Gasteiger partial charge in [0, 0.05) is 0 Å². The first-order valence-electron chi connectivity index (χ1n) is 4.63. The molecule has 0 aromatic heterocycles. The first-order valence-corrected chi connectivity index (χ1v) is 13.9. The maximum Gasteiger partial charge on any atom is 0.362 e. The van der Waals surface area contributed by atoms with E-state index in [0.29, 0.717) is 0 Å². The van der Waals surface area contributed by atoms with Crippen LogP contribution in [0.5, 0.6) is 0 Å². The Balaban J connectivity index is 2.71. The highest BCUT2D eigenvalue weighted by molar-refractivity contribution is 6.84. The van der Waals surface area contributed by atoms with Crippen molar-refractivity contribution < 1.29 is 16.5 Å². The lowest BCUT2D eigenvalue weighted by Gasteiger charge is -2.37. The fraction of sp³-hybridized carbons (Fsp3) is 1.00. The van der Waals surface area contributed by atoms with E-state index in [2.05, 4.69) is 0 Å². The molecule has 1 aliphatic rings. The van der Waals surface area contributed by atoms with Crippen molar-refractivity contribution in [3.63, 3.8) is 0 Å². The summed E-state index contributed by atoms with van der Waals surface area (Å²) in [7, 11) is -6.39. The largest absolute Gasteiger partial charge is 0.415 e. The van der Waals surface area contributed by atoms with Gasteiger partial charge in [0.25, 0.3) is 0 Å². The molecule has 0 atom stereocenters. The predicted molar refractivity (Wildman–Crippen MR) is 62.5 cm³/mol. The molecule has 1 saturated heterocycles. The second kappa shape index (κ2) is 4.29. The molecule has 0 amide bonds. The van der Waals surface area contributed by atoms with Gasteiger partial charge in [-0.25, -0.2) is 0 Å². The predicted octanol–water partition coefficient (Wildman–Crippen LogP) is 1.71. The maximum absolute atomic E-state index is 5.86. The van der Waals surface area contributed by atoms with Crippen molar-refractivity contribution in [2.24, 2.45) is 0 Å². The minimum absolute atomic E-state index is 1.20. The number of rotatable bonds is 0. The molecule has 8 heteroatoms. The first-order chi connectivity index (χ1) is 6.20. The van der Waals surface area contributed by atoms with Gasteiger partial charge < -0.3 is 16.5 Å². The lowest BCUT2D eigenvalue weighted by atomic mass is 11.9. The van der Waals surface area contributed by atoms with Gasteiger partial charge in [0.05, 0.1) is 0 Å². The zero-order valence-corrected chi connectivity index (χ0v) is 13.6. The molecule has 0 aromatic rings. The Hall–Kier alpha value is 0.708. The van der Waals surface area contributed by atoms with E-state index >= 15 is 0 Å². The zero-order chi connectivity index (χ0) is 11.0. The minimum atomic E-state index is -2.00. The van der Waals surface area contributed by atoms with Crippen LogP contribution < -0.4 is 0 Å². The second-order valence-corrected chi connectivity index (χ2v) is 15.0. The fourth-order valence-corrected chi connectivity index (χ4v) is 14.7. The van der Waals surface area contributed by atoms with Crippen LogP contribution in [-0.2, 0) is 16.5 Å². The molecular formula is C6H18O4Si4. The standard InChI is InChI=1S/C6H18O4Si4/c1-11-7-13(3,4)9-12(2)10-14(5,6)8-11/h1-6H3. The van der Waals surface area contributed by atoms with Crippen molar-refractivity contribution in [3.05, 3.63) is 0 Å². The topological polar surface area (TPSA) is 36.9 Å². The van der Waals surface area contributed by atoms with Crippen LogP contribution in [0.15, 0.2) is 0 Å². The van der Waals surface area contributed by atoms with Crippen LogP contribution in [0.4, 0.5) is 0 Å². The molecule has 0 saturated carbocycles. The minimum Gasteiger partial charge on any atom is -0.415 e. The average Bonchev–Trinajstić information content (AvgIpc) is 1.74. The molecule has 2 radical (unpaired) electrons. The second-order valence-electron chi connectivity index (χ2n) is 4.19. The SMILES string of the molecule is C[Si]1O[Si](C)(C)O[Si](C)O[Si](C)(C)O1. The van der Waals surface area contributed by atoms with Gasteiger partial charge in [0.15, 0.2) is 0 Å². The summed E-state index contributed by atoms with van der Waals surface area (Å²) in [6.07, 6.45) is 0. The first kappa shape index (κ1) is 12.8. The third-order valence-electron chi connectivity index (χ3n) is 1.56.